The molecule has 0 spiro atoms. The SMILES string of the molecule is Oc1cc(-c2nnco2)ccc1-c1ccc(O[C@H]2C[C@@H]3CC[C@@H](C3)[C@H]2F)nn1. The van der Waals surface area contributed by atoms with E-state index in [1.165, 1.54) is 12.5 Å². The molecule has 28 heavy (non-hydrogen) atoms. The number of rotatable bonds is 4. The molecular formula is C20H19FN4O3. The summed E-state index contributed by atoms with van der Waals surface area (Å²) in [5.41, 5.74) is 1.61. The summed E-state index contributed by atoms with van der Waals surface area (Å²) in [5, 5.41) is 26.0. The highest BCUT2D eigenvalue weighted by Crippen LogP contribution is 2.44. The van der Waals surface area contributed by atoms with Crippen molar-refractivity contribution >= 4 is 0 Å². The van der Waals surface area contributed by atoms with Gasteiger partial charge in [0.2, 0.25) is 18.2 Å². The maximum absolute atomic E-state index is 14.6. The summed E-state index contributed by atoms with van der Waals surface area (Å²) in [7, 11) is 0. The first-order valence-electron chi connectivity index (χ1n) is 9.42. The predicted molar refractivity (Wildman–Crippen MR) is 97.2 cm³/mol. The molecule has 2 fully saturated rings. The van der Waals surface area contributed by atoms with Crippen molar-refractivity contribution in [3.05, 3.63) is 36.7 Å². The van der Waals surface area contributed by atoms with Gasteiger partial charge >= 0.3 is 0 Å². The first-order chi connectivity index (χ1) is 13.7. The molecule has 0 unspecified atom stereocenters. The zero-order valence-corrected chi connectivity index (χ0v) is 15.0. The lowest BCUT2D eigenvalue weighted by atomic mass is 9.85. The molecule has 1 aromatic carbocycles. The van der Waals surface area contributed by atoms with Crippen molar-refractivity contribution in [1.29, 1.82) is 0 Å². The van der Waals surface area contributed by atoms with Gasteiger partial charge in [0.25, 0.3) is 0 Å². The zero-order valence-electron chi connectivity index (χ0n) is 15.0. The minimum Gasteiger partial charge on any atom is -0.507 e. The fraction of sp³-hybridized carbons (Fsp3) is 0.400. The standard InChI is InChI=1S/C20H19FN4O3/c21-19-12-2-1-11(7-12)8-17(19)28-18-6-5-15(23-24-18)14-4-3-13(9-16(14)26)20-25-22-10-27-20/h3-6,9-12,17,19,26H,1-2,7-8H2/t11-,12+,17+,19-/m1/s1. The molecule has 8 heteroatoms. The molecule has 2 aliphatic rings. The molecule has 2 heterocycles. The van der Waals surface area contributed by atoms with Crippen molar-refractivity contribution in [2.75, 3.05) is 0 Å². The van der Waals surface area contributed by atoms with Gasteiger partial charge in [-0.25, -0.2) is 4.39 Å². The van der Waals surface area contributed by atoms with E-state index in [4.69, 9.17) is 9.15 Å². The number of ether oxygens (including phenoxy) is 1. The van der Waals surface area contributed by atoms with Crippen LogP contribution in [-0.4, -0.2) is 37.8 Å². The van der Waals surface area contributed by atoms with Crippen molar-refractivity contribution in [3.63, 3.8) is 0 Å². The number of halogens is 1. The first-order valence-corrected chi connectivity index (χ1v) is 9.42. The van der Waals surface area contributed by atoms with Crippen molar-refractivity contribution in [1.82, 2.24) is 20.4 Å². The Labute approximate surface area is 160 Å². The summed E-state index contributed by atoms with van der Waals surface area (Å²) >= 11 is 0. The average molecular weight is 382 g/mol. The van der Waals surface area contributed by atoms with Crippen LogP contribution >= 0.6 is 0 Å². The zero-order chi connectivity index (χ0) is 19.1. The average Bonchev–Trinajstić information content (AvgIpc) is 3.37. The third-order valence-electron chi connectivity index (χ3n) is 5.75. The molecule has 4 atom stereocenters. The van der Waals surface area contributed by atoms with Crippen molar-refractivity contribution in [2.24, 2.45) is 11.8 Å². The highest BCUT2D eigenvalue weighted by molar-refractivity contribution is 5.71. The maximum atomic E-state index is 14.6. The van der Waals surface area contributed by atoms with E-state index in [0.29, 0.717) is 34.5 Å². The van der Waals surface area contributed by atoms with Gasteiger partial charge in [-0.05, 0) is 61.8 Å². The lowest BCUT2D eigenvalue weighted by molar-refractivity contribution is 0.0223. The minimum atomic E-state index is -0.943. The molecule has 2 saturated carbocycles. The smallest absolute Gasteiger partial charge is 0.247 e. The number of alkyl halides is 1. The normalized spacial score (nSPS) is 26.3. The van der Waals surface area contributed by atoms with Crippen LogP contribution in [0.4, 0.5) is 4.39 Å². The second-order valence-corrected chi connectivity index (χ2v) is 7.51. The molecule has 3 aromatic rings. The van der Waals surface area contributed by atoms with E-state index in [2.05, 4.69) is 20.4 Å². The number of aromatic nitrogens is 4. The fourth-order valence-corrected chi connectivity index (χ4v) is 4.35. The van der Waals surface area contributed by atoms with Gasteiger partial charge in [-0.15, -0.1) is 20.4 Å². The molecular weight excluding hydrogens is 363 g/mol. The minimum absolute atomic E-state index is 0.0198. The highest BCUT2D eigenvalue weighted by Gasteiger charge is 2.43. The summed E-state index contributed by atoms with van der Waals surface area (Å²) in [6.07, 6.45) is 3.59. The second kappa shape index (κ2) is 6.85. The summed E-state index contributed by atoms with van der Waals surface area (Å²) in [4.78, 5) is 0. The third-order valence-corrected chi connectivity index (χ3v) is 5.75. The number of phenolic OH excluding ortho intramolecular Hbond substituents is 1. The van der Waals surface area contributed by atoms with Crippen LogP contribution in [0, 0.1) is 11.8 Å². The molecule has 2 bridgehead atoms. The molecule has 2 aliphatic carbocycles. The predicted octanol–water partition coefficient (Wildman–Crippen LogP) is 3.80. The number of phenols is 1. The van der Waals surface area contributed by atoms with Gasteiger partial charge in [-0.1, -0.05) is 0 Å². The Morgan fingerprint density at radius 1 is 1.07 bits per heavy atom. The van der Waals surface area contributed by atoms with Gasteiger partial charge in [0.1, 0.15) is 18.0 Å². The van der Waals surface area contributed by atoms with E-state index in [-0.39, 0.29) is 11.7 Å². The molecule has 0 radical (unpaired) electrons. The van der Waals surface area contributed by atoms with Crippen molar-refractivity contribution in [2.45, 2.75) is 38.0 Å². The van der Waals surface area contributed by atoms with Crippen molar-refractivity contribution in [3.8, 4) is 34.3 Å². The Bertz CT molecular complexity index is 964. The van der Waals surface area contributed by atoms with Crippen LogP contribution in [0.2, 0.25) is 0 Å². The molecule has 2 aromatic heterocycles. The summed E-state index contributed by atoms with van der Waals surface area (Å²) in [6, 6.07) is 8.35. The van der Waals surface area contributed by atoms with Crippen LogP contribution < -0.4 is 4.74 Å². The number of hydrogen-bond acceptors (Lipinski definition) is 7. The fourth-order valence-electron chi connectivity index (χ4n) is 4.35. The Kier molecular flexibility index (Phi) is 4.18. The number of nitrogens with zero attached hydrogens (tertiary/aromatic N) is 4. The Hall–Kier alpha value is -3.03. The van der Waals surface area contributed by atoms with Gasteiger partial charge in [0.15, 0.2) is 0 Å². The summed E-state index contributed by atoms with van der Waals surface area (Å²) < 4.78 is 25.5. The molecule has 0 aliphatic heterocycles. The molecule has 1 N–H and O–H groups in total. The number of benzene rings is 1. The number of aromatic hydroxyl groups is 1. The van der Waals surface area contributed by atoms with E-state index in [1.54, 1.807) is 24.3 Å². The Morgan fingerprint density at radius 2 is 2.00 bits per heavy atom. The number of hydrogen-bond donors (Lipinski definition) is 1. The Morgan fingerprint density at radius 3 is 2.75 bits per heavy atom. The Balaban J connectivity index is 1.32. The van der Waals surface area contributed by atoms with E-state index < -0.39 is 12.3 Å². The molecule has 5 rings (SSSR count). The van der Waals surface area contributed by atoms with E-state index in [1.807, 2.05) is 0 Å². The lowest BCUT2D eigenvalue weighted by Crippen LogP contribution is -2.38. The summed E-state index contributed by atoms with van der Waals surface area (Å²) in [5.74, 6) is 1.32. The topological polar surface area (TPSA) is 94.2 Å². The van der Waals surface area contributed by atoms with Gasteiger partial charge < -0.3 is 14.3 Å². The van der Waals surface area contributed by atoms with Gasteiger partial charge in [-0.3, -0.25) is 0 Å². The van der Waals surface area contributed by atoms with Crippen LogP contribution in [0.15, 0.2) is 41.1 Å². The molecule has 144 valence electrons. The first kappa shape index (κ1) is 17.1. The maximum Gasteiger partial charge on any atom is 0.247 e. The number of fused-ring (bicyclic) bond motifs is 2. The summed E-state index contributed by atoms with van der Waals surface area (Å²) in [6.45, 7) is 0. The van der Waals surface area contributed by atoms with Crippen molar-refractivity contribution < 1.29 is 18.7 Å². The molecule has 0 amide bonds. The highest BCUT2D eigenvalue weighted by atomic mass is 19.1. The molecule has 0 saturated heterocycles. The van der Waals surface area contributed by atoms with E-state index >= 15 is 0 Å². The van der Waals surface area contributed by atoms with E-state index in [0.717, 1.165) is 25.7 Å². The quantitative estimate of drug-likeness (QED) is 0.733. The van der Waals surface area contributed by atoms with Gasteiger partial charge in [-0.2, -0.15) is 0 Å². The van der Waals surface area contributed by atoms with Crippen LogP contribution in [0.25, 0.3) is 22.7 Å². The van der Waals surface area contributed by atoms with Gasteiger partial charge in [0.05, 0.1) is 5.69 Å². The van der Waals surface area contributed by atoms with Crippen LogP contribution in [-0.2, 0) is 0 Å². The van der Waals surface area contributed by atoms with Crippen LogP contribution in [0.1, 0.15) is 25.7 Å². The van der Waals surface area contributed by atoms with Gasteiger partial charge in [0, 0.05) is 17.2 Å². The largest absolute Gasteiger partial charge is 0.507 e. The third kappa shape index (κ3) is 3.08. The lowest BCUT2D eigenvalue weighted by Gasteiger charge is -2.31. The van der Waals surface area contributed by atoms with E-state index in [9.17, 15) is 9.50 Å². The van der Waals surface area contributed by atoms with Crippen LogP contribution in [0.3, 0.4) is 0 Å². The monoisotopic (exact) mass is 382 g/mol. The molecule has 7 nitrogen and oxygen atoms in total. The van der Waals surface area contributed by atoms with Crippen LogP contribution in [0.5, 0.6) is 11.6 Å². The second-order valence-electron chi connectivity index (χ2n) is 7.51.